The van der Waals surface area contributed by atoms with E-state index in [0.717, 1.165) is 24.8 Å². The Morgan fingerprint density at radius 2 is 2.35 bits per heavy atom. The van der Waals surface area contributed by atoms with Crippen molar-refractivity contribution in [2.24, 2.45) is 11.7 Å². The second-order valence-corrected chi connectivity index (χ2v) is 5.75. The number of aromatic nitrogens is 1. The van der Waals surface area contributed by atoms with Gasteiger partial charge in [0.1, 0.15) is 12.0 Å². The second-order valence-electron chi connectivity index (χ2n) is 5.75. The Hall–Kier alpha value is -1.69. The maximum absolute atomic E-state index is 10.8. The highest BCUT2D eigenvalue weighted by molar-refractivity contribution is 5.50. The van der Waals surface area contributed by atoms with Gasteiger partial charge in [0, 0.05) is 12.6 Å². The van der Waals surface area contributed by atoms with Gasteiger partial charge in [-0.05, 0) is 31.2 Å². The molecule has 1 aliphatic carbocycles. The fourth-order valence-electron chi connectivity index (χ4n) is 2.98. The van der Waals surface area contributed by atoms with Gasteiger partial charge in [-0.1, -0.05) is 19.8 Å². The minimum absolute atomic E-state index is 0.0199. The number of nitro groups is 1. The van der Waals surface area contributed by atoms with Gasteiger partial charge < -0.3 is 11.1 Å². The number of pyridine rings is 1. The zero-order valence-corrected chi connectivity index (χ0v) is 12.1. The third-order valence-corrected chi connectivity index (χ3v) is 4.46. The van der Waals surface area contributed by atoms with Crippen LogP contribution in [0.3, 0.4) is 0 Å². The Morgan fingerprint density at radius 3 is 2.90 bits per heavy atom. The van der Waals surface area contributed by atoms with Crippen LogP contribution in [-0.4, -0.2) is 22.0 Å². The smallest absolute Gasteiger partial charge is 0.287 e. The first-order valence-electron chi connectivity index (χ1n) is 7.08. The number of anilines is 1. The summed E-state index contributed by atoms with van der Waals surface area (Å²) in [4.78, 5) is 14.5. The number of nitrogens with two attached hydrogens (primary N) is 1. The van der Waals surface area contributed by atoms with Gasteiger partial charge in [-0.15, -0.1) is 0 Å². The molecule has 0 bridgehead atoms. The summed E-state index contributed by atoms with van der Waals surface area (Å²) in [5, 5.41) is 14.2. The molecule has 0 aromatic carbocycles. The van der Waals surface area contributed by atoms with Crippen LogP contribution in [-0.2, 0) is 0 Å². The number of rotatable bonds is 4. The molecule has 2 unspecified atom stereocenters. The average molecular weight is 278 g/mol. The lowest BCUT2D eigenvalue weighted by atomic mass is 9.73. The lowest BCUT2D eigenvalue weighted by Gasteiger charge is -2.43. The quantitative estimate of drug-likeness (QED) is 0.652. The van der Waals surface area contributed by atoms with Gasteiger partial charge in [-0.2, -0.15) is 0 Å². The molecule has 6 nitrogen and oxygen atoms in total. The van der Waals surface area contributed by atoms with E-state index in [2.05, 4.69) is 17.2 Å². The van der Waals surface area contributed by atoms with Crippen molar-refractivity contribution in [1.82, 2.24) is 4.98 Å². The molecule has 2 atom stereocenters. The van der Waals surface area contributed by atoms with Gasteiger partial charge in [-0.3, -0.25) is 10.1 Å². The van der Waals surface area contributed by atoms with Gasteiger partial charge in [-0.25, -0.2) is 4.98 Å². The van der Waals surface area contributed by atoms with Gasteiger partial charge in [0.25, 0.3) is 5.69 Å². The van der Waals surface area contributed by atoms with Gasteiger partial charge >= 0.3 is 0 Å². The fourth-order valence-corrected chi connectivity index (χ4v) is 2.98. The molecule has 6 heteroatoms. The summed E-state index contributed by atoms with van der Waals surface area (Å²) in [5.74, 6) is 1.17. The van der Waals surface area contributed by atoms with Crippen molar-refractivity contribution in [2.45, 2.75) is 45.1 Å². The Bertz CT molecular complexity index is 506. The van der Waals surface area contributed by atoms with Crippen LogP contribution in [0.25, 0.3) is 0 Å². The molecule has 20 heavy (non-hydrogen) atoms. The van der Waals surface area contributed by atoms with Crippen molar-refractivity contribution in [3.05, 3.63) is 27.9 Å². The minimum Gasteiger partial charge on any atom is -0.363 e. The van der Waals surface area contributed by atoms with E-state index >= 15 is 0 Å². The van der Waals surface area contributed by atoms with E-state index in [1.54, 1.807) is 6.07 Å². The molecule has 1 aromatic heterocycles. The summed E-state index contributed by atoms with van der Waals surface area (Å²) in [5.41, 5.74) is 6.66. The van der Waals surface area contributed by atoms with Crippen molar-refractivity contribution in [2.75, 3.05) is 11.9 Å². The van der Waals surface area contributed by atoms with E-state index in [0.29, 0.717) is 18.3 Å². The van der Waals surface area contributed by atoms with Crippen molar-refractivity contribution in [1.29, 1.82) is 0 Å². The van der Waals surface area contributed by atoms with Crippen molar-refractivity contribution in [3.63, 3.8) is 0 Å². The predicted octanol–water partition coefficient (Wildman–Crippen LogP) is 2.62. The summed E-state index contributed by atoms with van der Waals surface area (Å²) < 4.78 is 0. The lowest BCUT2D eigenvalue weighted by molar-refractivity contribution is -0.385. The maximum atomic E-state index is 10.8. The average Bonchev–Trinajstić information content (AvgIpc) is 2.43. The molecule has 0 aliphatic heterocycles. The first-order valence-corrected chi connectivity index (χ1v) is 7.08. The molecule has 1 saturated carbocycles. The molecular weight excluding hydrogens is 256 g/mol. The van der Waals surface area contributed by atoms with E-state index in [1.165, 1.54) is 12.6 Å². The molecule has 3 N–H and O–H groups in total. The molecule has 1 fully saturated rings. The van der Waals surface area contributed by atoms with Crippen LogP contribution >= 0.6 is 0 Å². The summed E-state index contributed by atoms with van der Waals surface area (Å²) >= 11 is 0. The highest BCUT2D eigenvalue weighted by Gasteiger charge is 2.37. The van der Waals surface area contributed by atoms with E-state index in [4.69, 9.17) is 5.73 Å². The van der Waals surface area contributed by atoms with E-state index in [-0.39, 0.29) is 11.2 Å². The third-order valence-electron chi connectivity index (χ3n) is 4.46. The van der Waals surface area contributed by atoms with Gasteiger partial charge in [0.05, 0.1) is 10.5 Å². The van der Waals surface area contributed by atoms with Crippen molar-refractivity contribution >= 4 is 11.5 Å². The van der Waals surface area contributed by atoms with Crippen LogP contribution in [0.4, 0.5) is 11.5 Å². The normalized spacial score (nSPS) is 26.2. The monoisotopic (exact) mass is 278 g/mol. The van der Waals surface area contributed by atoms with Gasteiger partial charge in [0.2, 0.25) is 0 Å². The number of hydrogen-bond donors (Lipinski definition) is 2. The number of hydrogen-bond acceptors (Lipinski definition) is 5. The van der Waals surface area contributed by atoms with Crippen LogP contribution in [0, 0.1) is 23.0 Å². The molecule has 1 aliphatic rings. The molecule has 0 radical (unpaired) electrons. The van der Waals surface area contributed by atoms with Crippen LogP contribution in [0.2, 0.25) is 0 Å². The molecule has 0 amide bonds. The van der Waals surface area contributed by atoms with Crippen molar-refractivity contribution in [3.8, 4) is 0 Å². The molecule has 2 rings (SSSR count). The Balaban J connectivity index is 2.25. The largest absolute Gasteiger partial charge is 0.363 e. The SMILES string of the molecule is Cc1cc([N+](=O)[O-])cnc1NC1(CN)CCCCC1C. The van der Waals surface area contributed by atoms with Crippen molar-refractivity contribution < 1.29 is 4.92 Å². The van der Waals surface area contributed by atoms with E-state index < -0.39 is 4.92 Å². The first-order chi connectivity index (χ1) is 9.48. The van der Waals surface area contributed by atoms with Gasteiger partial charge in [0.15, 0.2) is 0 Å². The molecule has 0 saturated heterocycles. The maximum Gasteiger partial charge on any atom is 0.287 e. The molecular formula is C14H22N4O2. The topological polar surface area (TPSA) is 94.1 Å². The highest BCUT2D eigenvalue weighted by atomic mass is 16.6. The van der Waals surface area contributed by atoms with Crippen LogP contribution < -0.4 is 11.1 Å². The van der Waals surface area contributed by atoms with Crippen LogP contribution in [0.1, 0.15) is 38.2 Å². The molecule has 1 aromatic rings. The van der Waals surface area contributed by atoms with Crippen LogP contribution in [0.5, 0.6) is 0 Å². The van der Waals surface area contributed by atoms with E-state index in [1.807, 2.05) is 6.92 Å². The standard InChI is InChI=1S/C14H22N4O2/c1-10-7-12(18(19)20)8-16-13(10)17-14(9-15)6-4-3-5-11(14)2/h7-8,11H,3-6,9,15H2,1-2H3,(H,16,17). The third kappa shape index (κ3) is 2.75. The molecule has 0 spiro atoms. The van der Waals surface area contributed by atoms with Crippen LogP contribution in [0.15, 0.2) is 12.3 Å². The minimum atomic E-state index is -0.425. The highest BCUT2D eigenvalue weighted by Crippen LogP contribution is 2.36. The zero-order chi connectivity index (χ0) is 14.8. The summed E-state index contributed by atoms with van der Waals surface area (Å²) in [6.45, 7) is 4.59. The second kappa shape index (κ2) is 5.75. The predicted molar refractivity (Wildman–Crippen MR) is 78.7 cm³/mol. The number of aryl methyl sites for hydroxylation is 1. The summed E-state index contributed by atoms with van der Waals surface area (Å²) in [6.07, 6.45) is 5.85. The Labute approximate surface area is 118 Å². The number of nitrogens with zero attached hydrogens (tertiary/aromatic N) is 2. The lowest BCUT2D eigenvalue weighted by Crippen LogP contribution is -2.52. The molecule has 1 heterocycles. The number of nitrogens with one attached hydrogen (secondary N) is 1. The summed E-state index contributed by atoms with van der Waals surface area (Å²) in [7, 11) is 0. The first kappa shape index (κ1) is 14.7. The zero-order valence-electron chi connectivity index (χ0n) is 12.1. The molecule has 110 valence electrons. The Kier molecular flexibility index (Phi) is 4.23. The van der Waals surface area contributed by atoms with E-state index in [9.17, 15) is 10.1 Å². The Morgan fingerprint density at radius 1 is 1.60 bits per heavy atom. The fraction of sp³-hybridized carbons (Fsp3) is 0.643. The summed E-state index contributed by atoms with van der Waals surface area (Å²) in [6, 6.07) is 1.55.